The van der Waals surface area contributed by atoms with E-state index in [4.69, 9.17) is 5.26 Å². The Kier molecular flexibility index (Phi) is 4.98. The summed E-state index contributed by atoms with van der Waals surface area (Å²) in [6, 6.07) is 3.64. The number of hydrogen-bond acceptors (Lipinski definition) is 4. The molecule has 1 aliphatic rings. The molecule has 0 spiro atoms. The number of aliphatic hydroxyl groups excluding tert-OH is 1. The van der Waals surface area contributed by atoms with Gasteiger partial charge in [0.15, 0.2) is 0 Å². The number of nitrogens with one attached hydrogen (secondary N) is 1. The summed E-state index contributed by atoms with van der Waals surface area (Å²) in [4.78, 5) is -0.559. The highest BCUT2D eigenvalue weighted by Gasteiger charge is 2.35. The maximum atomic E-state index is 12.9. The Balaban J connectivity index is 2.24. The van der Waals surface area contributed by atoms with Gasteiger partial charge in [-0.2, -0.15) is 18.4 Å². The second kappa shape index (κ2) is 6.47. The van der Waals surface area contributed by atoms with Crippen molar-refractivity contribution < 1.29 is 26.7 Å². The van der Waals surface area contributed by atoms with Crippen LogP contribution < -0.4 is 4.72 Å². The molecule has 2 N–H and O–H groups in total. The van der Waals surface area contributed by atoms with Gasteiger partial charge in [0.2, 0.25) is 10.0 Å². The van der Waals surface area contributed by atoms with E-state index in [1.54, 1.807) is 0 Å². The highest BCUT2D eigenvalue weighted by molar-refractivity contribution is 7.89. The van der Waals surface area contributed by atoms with E-state index in [0.717, 1.165) is 18.6 Å². The summed E-state index contributed by atoms with van der Waals surface area (Å²) in [5, 5.41) is 18.4. The normalized spacial score (nSPS) is 22.0. The van der Waals surface area contributed by atoms with Gasteiger partial charge >= 0.3 is 6.18 Å². The maximum Gasteiger partial charge on any atom is 0.417 e. The van der Waals surface area contributed by atoms with Crippen molar-refractivity contribution in [3.05, 3.63) is 29.3 Å². The second-order valence-corrected chi connectivity index (χ2v) is 7.19. The summed E-state index contributed by atoms with van der Waals surface area (Å²) in [5.41, 5.74) is -1.92. The second-order valence-electron chi connectivity index (χ2n) is 5.43. The summed E-state index contributed by atoms with van der Waals surface area (Å²) >= 11 is 0. The first kappa shape index (κ1) is 17.7. The van der Waals surface area contributed by atoms with Crippen LogP contribution in [-0.4, -0.2) is 26.2 Å². The van der Waals surface area contributed by atoms with Crippen LogP contribution in [0.1, 0.15) is 30.4 Å². The highest BCUT2D eigenvalue weighted by Crippen LogP contribution is 2.33. The summed E-state index contributed by atoms with van der Waals surface area (Å²) in [7, 11) is -4.15. The molecule has 1 saturated carbocycles. The van der Waals surface area contributed by atoms with E-state index < -0.39 is 38.3 Å². The number of benzene rings is 1. The minimum absolute atomic E-state index is 0.0369. The molecule has 1 aromatic rings. The molecule has 0 amide bonds. The van der Waals surface area contributed by atoms with Gasteiger partial charge in [-0.15, -0.1) is 0 Å². The Morgan fingerprint density at radius 3 is 2.57 bits per heavy atom. The highest BCUT2D eigenvalue weighted by atomic mass is 32.2. The third kappa shape index (κ3) is 4.02. The molecule has 5 nitrogen and oxygen atoms in total. The van der Waals surface area contributed by atoms with Crippen LogP contribution >= 0.6 is 0 Å². The Labute approximate surface area is 131 Å². The van der Waals surface area contributed by atoms with E-state index in [-0.39, 0.29) is 12.5 Å². The van der Waals surface area contributed by atoms with E-state index in [1.807, 2.05) is 0 Å². The Bertz CT molecular complexity index is 726. The monoisotopic (exact) mass is 348 g/mol. The molecule has 1 aliphatic carbocycles. The largest absolute Gasteiger partial charge is 0.417 e. The first-order chi connectivity index (χ1) is 10.6. The van der Waals surface area contributed by atoms with Crippen molar-refractivity contribution in [2.24, 2.45) is 5.92 Å². The lowest BCUT2D eigenvalue weighted by atomic mass is 10.1. The minimum Gasteiger partial charge on any atom is -0.393 e. The molecule has 0 saturated heterocycles. The Morgan fingerprint density at radius 1 is 1.35 bits per heavy atom. The third-order valence-corrected chi connectivity index (χ3v) is 5.30. The topological polar surface area (TPSA) is 90.2 Å². The van der Waals surface area contributed by atoms with E-state index in [9.17, 15) is 26.7 Å². The smallest absolute Gasteiger partial charge is 0.393 e. The molecule has 9 heteroatoms. The SMILES string of the molecule is N#Cc1ccc(S(=O)(=O)NC[C@@H]2CCC[C@H]2O)cc1C(F)(F)F. The van der Waals surface area contributed by atoms with E-state index >= 15 is 0 Å². The third-order valence-electron chi connectivity index (χ3n) is 3.88. The zero-order valence-electron chi connectivity index (χ0n) is 12.0. The zero-order valence-corrected chi connectivity index (χ0v) is 12.8. The van der Waals surface area contributed by atoms with Crippen LogP contribution in [0.5, 0.6) is 0 Å². The van der Waals surface area contributed by atoms with Crippen molar-refractivity contribution >= 4 is 10.0 Å². The molecule has 0 heterocycles. The molecule has 126 valence electrons. The standard InChI is InChI=1S/C14H15F3N2O3S/c15-14(16,17)12-6-11(5-4-9(12)7-18)23(21,22)19-8-10-2-1-3-13(10)20/h4-6,10,13,19-20H,1-3,8H2/t10-,13+/m0/s1. The van der Waals surface area contributed by atoms with Crippen molar-refractivity contribution in [1.82, 2.24) is 4.72 Å². The lowest BCUT2D eigenvalue weighted by molar-refractivity contribution is -0.137. The van der Waals surface area contributed by atoms with Crippen molar-refractivity contribution in [2.45, 2.75) is 36.4 Å². The van der Waals surface area contributed by atoms with Gasteiger partial charge in [0.25, 0.3) is 0 Å². The van der Waals surface area contributed by atoms with Gasteiger partial charge in [-0.05, 0) is 37.0 Å². The summed E-state index contributed by atoms with van der Waals surface area (Å²) < 4.78 is 65.1. The van der Waals surface area contributed by atoms with Crippen LogP contribution in [0.4, 0.5) is 13.2 Å². The predicted molar refractivity (Wildman–Crippen MR) is 74.7 cm³/mol. The number of hydrogen-bond donors (Lipinski definition) is 2. The summed E-state index contributed by atoms with van der Waals surface area (Å²) in [6.07, 6.45) is -3.41. The van der Waals surface area contributed by atoms with E-state index in [2.05, 4.69) is 4.72 Å². The maximum absolute atomic E-state index is 12.9. The summed E-state index contributed by atoms with van der Waals surface area (Å²) in [6.45, 7) is -0.0369. The zero-order chi connectivity index (χ0) is 17.3. The van der Waals surface area contributed by atoms with Gasteiger partial charge in [0.1, 0.15) is 0 Å². The van der Waals surface area contributed by atoms with E-state index in [1.165, 1.54) is 6.07 Å². The first-order valence-corrected chi connectivity index (χ1v) is 8.42. The van der Waals surface area contributed by atoms with Gasteiger partial charge in [-0.1, -0.05) is 6.42 Å². The van der Waals surface area contributed by atoms with Crippen LogP contribution in [0.3, 0.4) is 0 Å². The van der Waals surface area contributed by atoms with Gasteiger partial charge < -0.3 is 5.11 Å². The number of aliphatic hydroxyl groups is 1. The number of halogens is 3. The van der Waals surface area contributed by atoms with Crippen LogP contribution in [0, 0.1) is 17.2 Å². The van der Waals surface area contributed by atoms with Crippen LogP contribution in [0.25, 0.3) is 0 Å². The number of sulfonamides is 1. The van der Waals surface area contributed by atoms with Crippen LogP contribution in [0.15, 0.2) is 23.1 Å². The van der Waals surface area contributed by atoms with Gasteiger partial charge in [-0.25, -0.2) is 13.1 Å². The predicted octanol–water partition coefficient (Wildman–Crippen LogP) is 2.02. The number of nitriles is 1. The van der Waals surface area contributed by atoms with Crippen molar-refractivity contribution in [3.8, 4) is 6.07 Å². The molecule has 1 aromatic carbocycles. The number of nitrogens with zero attached hydrogens (tertiary/aromatic N) is 1. The molecule has 2 atom stereocenters. The Morgan fingerprint density at radius 2 is 2.04 bits per heavy atom. The molecule has 2 rings (SSSR count). The van der Waals surface area contributed by atoms with Crippen LogP contribution in [-0.2, 0) is 16.2 Å². The molecular weight excluding hydrogens is 333 g/mol. The van der Waals surface area contributed by atoms with Gasteiger partial charge in [0.05, 0.1) is 28.2 Å². The Hall–Kier alpha value is -1.63. The molecule has 0 unspecified atom stereocenters. The van der Waals surface area contributed by atoms with Crippen LogP contribution in [0.2, 0.25) is 0 Å². The number of alkyl halides is 3. The van der Waals surface area contributed by atoms with Crippen molar-refractivity contribution in [2.75, 3.05) is 6.54 Å². The quantitative estimate of drug-likeness (QED) is 0.871. The molecule has 0 aliphatic heterocycles. The molecule has 0 radical (unpaired) electrons. The fourth-order valence-corrected chi connectivity index (χ4v) is 3.70. The minimum atomic E-state index is -4.82. The van der Waals surface area contributed by atoms with Crippen molar-refractivity contribution in [3.63, 3.8) is 0 Å². The molecule has 0 aromatic heterocycles. The van der Waals surface area contributed by atoms with Gasteiger partial charge in [-0.3, -0.25) is 0 Å². The molecule has 1 fully saturated rings. The number of rotatable bonds is 4. The average molecular weight is 348 g/mol. The molecule has 23 heavy (non-hydrogen) atoms. The lowest BCUT2D eigenvalue weighted by Gasteiger charge is -2.16. The van der Waals surface area contributed by atoms with Gasteiger partial charge in [0, 0.05) is 6.54 Å². The fourth-order valence-electron chi connectivity index (χ4n) is 2.58. The average Bonchev–Trinajstić information content (AvgIpc) is 2.89. The summed E-state index contributed by atoms with van der Waals surface area (Å²) in [5.74, 6) is -0.245. The molecule has 0 bridgehead atoms. The first-order valence-electron chi connectivity index (χ1n) is 6.94. The lowest BCUT2D eigenvalue weighted by Crippen LogP contribution is -2.32. The van der Waals surface area contributed by atoms with Crippen molar-refractivity contribution in [1.29, 1.82) is 5.26 Å². The molecular formula is C14H15F3N2O3S. The fraction of sp³-hybridized carbons (Fsp3) is 0.500. The van der Waals surface area contributed by atoms with E-state index in [0.29, 0.717) is 18.9 Å².